The van der Waals surface area contributed by atoms with E-state index < -0.39 is 18.6 Å². The molecule has 0 amide bonds. The molecule has 5 heteroatoms. The molecular formula is C25H36O5. The van der Waals surface area contributed by atoms with Gasteiger partial charge in [-0.1, -0.05) is 44.1 Å². The van der Waals surface area contributed by atoms with Gasteiger partial charge in [0, 0.05) is 11.8 Å². The van der Waals surface area contributed by atoms with Crippen molar-refractivity contribution in [2.24, 2.45) is 28.6 Å². The first-order chi connectivity index (χ1) is 14.2. The summed E-state index contributed by atoms with van der Waals surface area (Å²) < 4.78 is 5.83. The average Bonchev–Trinajstić information content (AvgIpc) is 3.00. The molecule has 0 aromatic carbocycles. The van der Waals surface area contributed by atoms with Gasteiger partial charge >= 0.3 is 5.97 Å². The molecule has 0 spiro atoms. The Balaban J connectivity index is 1.67. The zero-order valence-corrected chi connectivity index (χ0v) is 18.5. The van der Waals surface area contributed by atoms with Crippen molar-refractivity contribution >= 4 is 11.8 Å². The van der Waals surface area contributed by atoms with Crippen LogP contribution in [0.5, 0.6) is 0 Å². The van der Waals surface area contributed by atoms with Crippen LogP contribution in [0.4, 0.5) is 0 Å². The molecule has 0 saturated heterocycles. The van der Waals surface area contributed by atoms with Gasteiger partial charge in [-0.15, -0.1) is 0 Å². The number of Topliss-reactive ketones (excluding diaryl/α,β-unsaturated/α-hetero) is 1. The molecule has 2 saturated carbocycles. The molecular weight excluding hydrogens is 380 g/mol. The Kier molecular flexibility index (Phi) is 5.73. The number of aliphatic hydroxyl groups excluding tert-OH is 2. The van der Waals surface area contributed by atoms with Crippen LogP contribution in [0, 0.1) is 28.6 Å². The summed E-state index contributed by atoms with van der Waals surface area (Å²) in [5, 5.41) is 19.8. The highest BCUT2D eigenvalue weighted by molar-refractivity contribution is 5.84. The van der Waals surface area contributed by atoms with Crippen LogP contribution in [0.3, 0.4) is 0 Å². The van der Waals surface area contributed by atoms with E-state index >= 15 is 0 Å². The average molecular weight is 417 g/mol. The van der Waals surface area contributed by atoms with Crippen LogP contribution in [-0.4, -0.2) is 40.8 Å². The molecule has 0 aromatic heterocycles. The minimum atomic E-state index is -0.501. The summed E-state index contributed by atoms with van der Waals surface area (Å²) in [6.45, 7) is 5.92. The van der Waals surface area contributed by atoms with Crippen molar-refractivity contribution < 1.29 is 24.5 Å². The van der Waals surface area contributed by atoms with Crippen LogP contribution in [0.2, 0.25) is 0 Å². The number of carbonyl (C=O) groups excluding carboxylic acids is 2. The third kappa shape index (κ3) is 3.29. The molecule has 0 aliphatic heterocycles. The summed E-state index contributed by atoms with van der Waals surface area (Å²) in [4.78, 5) is 25.1. The number of hydrogen-bond donors (Lipinski definition) is 2. The van der Waals surface area contributed by atoms with Crippen LogP contribution >= 0.6 is 0 Å². The molecule has 0 bridgehead atoms. The van der Waals surface area contributed by atoms with Gasteiger partial charge in [0.25, 0.3) is 0 Å². The van der Waals surface area contributed by atoms with Gasteiger partial charge in [0.2, 0.25) is 0 Å². The van der Waals surface area contributed by atoms with Crippen molar-refractivity contribution in [2.75, 3.05) is 6.61 Å². The molecule has 4 rings (SSSR count). The van der Waals surface area contributed by atoms with Crippen molar-refractivity contribution in [2.45, 2.75) is 84.3 Å². The normalized spacial score (nSPS) is 42.4. The highest BCUT2D eigenvalue weighted by atomic mass is 16.5. The summed E-state index contributed by atoms with van der Waals surface area (Å²) in [7, 11) is 0. The van der Waals surface area contributed by atoms with E-state index in [1.54, 1.807) is 0 Å². The van der Waals surface area contributed by atoms with Gasteiger partial charge < -0.3 is 14.9 Å². The lowest BCUT2D eigenvalue weighted by Crippen LogP contribution is -2.46. The summed E-state index contributed by atoms with van der Waals surface area (Å²) in [6.07, 6.45) is 9.92. The molecule has 4 unspecified atom stereocenters. The minimum absolute atomic E-state index is 0.00304. The number of hydrogen-bond acceptors (Lipinski definition) is 5. The van der Waals surface area contributed by atoms with Crippen LogP contribution in [0.15, 0.2) is 23.3 Å². The van der Waals surface area contributed by atoms with Crippen molar-refractivity contribution in [3.63, 3.8) is 0 Å². The summed E-state index contributed by atoms with van der Waals surface area (Å²) in [5.41, 5.74) is 2.53. The van der Waals surface area contributed by atoms with E-state index in [4.69, 9.17) is 4.74 Å². The highest BCUT2D eigenvalue weighted by Crippen LogP contribution is 2.65. The fourth-order valence-electron chi connectivity index (χ4n) is 7.22. The molecule has 0 aromatic rings. The monoisotopic (exact) mass is 416 g/mol. The maximum Gasteiger partial charge on any atom is 0.306 e. The molecule has 4 aliphatic rings. The van der Waals surface area contributed by atoms with E-state index in [1.165, 1.54) is 11.1 Å². The van der Waals surface area contributed by atoms with Crippen molar-refractivity contribution in [3.05, 3.63) is 23.3 Å². The molecule has 30 heavy (non-hydrogen) atoms. The van der Waals surface area contributed by atoms with Gasteiger partial charge in [-0.3, -0.25) is 9.59 Å². The van der Waals surface area contributed by atoms with Crippen molar-refractivity contribution in [1.29, 1.82) is 0 Å². The lowest BCUT2D eigenvalue weighted by molar-refractivity contribution is -0.154. The molecule has 2 N–H and O–H groups in total. The van der Waals surface area contributed by atoms with E-state index in [9.17, 15) is 19.8 Å². The number of aliphatic hydroxyl groups is 2. The number of ketones is 1. The number of allylic oxidation sites excluding steroid dienone is 3. The summed E-state index contributed by atoms with van der Waals surface area (Å²) in [5.74, 6) is -0.248. The number of rotatable bonds is 5. The van der Waals surface area contributed by atoms with Gasteiger partial charge in [0.1, 0.15) is 12.7 Å². The standard InChI is InChI=1S/C25H36O5/c1-4-5-22(29)30-21-13-19-17-7-6-15-12-16(27)8-10-24(15,2)18(17)9-11-25(19,3)23(21)20(28)14-26/h9,12,16-17,19,21,23,26-27H,4-8,10-11,13-14H2,1-3H3/t16?,17?,19?,21-,23?,24-,25-/m0/s1. The van der Waals surface area contributed by atoms with E-state index in [1.807, 2.05) is 6.92 Å². The maximum atomic E-state index is 12.8. The van der Waals surface area contributed by atoms with Crippen LogP contribution in [0.1, 0.15) is 72.1 Å². The second-order valence-corrected chi connectivity index (χ2v) is 10.4. The van der Waals surface area contributed by atoms with Gasteiger partial charge in [-0.05, 0) is 62.2 Å². The highest BCUT2D eigenvalue weighted by Gasteiger charge is 2.61. The second kappa shape index (κ2) is 7.90. The van der Waals surface area contributed by atoms with E-state index in [2.05, 4.69) is 26.0 Å². The lowest BCUT2D eigenvalue weighted by Gasteiger charge is -2.53. The Morgan fingerprint density at radius 3 is 2.73 bits per heavy atom. The first-order valence-corrected chi connectivity index (χ1v) is 11.7. The van der Waals surface area contributed by atoms with Crippen molar-refractivity contribution in [3.8, 4) is 0 Å². The minimum Gasteiger partial charge on any atom is -0.462 e. The Morgan fingerprint density at radius 1 is 1.27 bits per heavy atom. The van der Waals surface area contributed by atoms with Crippen LogP contribution in [0.25, 0.3) is 0 Å². The predicted molar refractivity (Wildman–Crippen MR) is 113 cm³/mol. The second-order valence-electron chi connectivity index (χ2n) is 10.4. The zero-order valence-electron chi connectivity index (χ0n) is 18.5. The lowest BCUT2D eigenvalue weighted by atomic mass is 9.51. The third-order valence-electron chi connectivity index (χ3n) is 8.71. The van der Waals surface area contributed by atoms with Gasteiger partial charge in [-0.2, -0.15) is 0 Å². The van der Waals surface area contributed by atoms with Crippen molar-refractivity contribution in [1.82, 2.24) is 0 Å². The summed E-state index contributed by atoms with van der Waals surface area (Å²) >= 11 is 0. The smallest absolute Gasteiger partial charge is 0.306 e. The largest absolute Gasteiger partial charge is 0.462 e. The van der Waals surface area contributed by atoms with E-state index in [0.717, 1.165) is 38.5 Å². The number of ether oxygens (including phenoxy) is 1. The Hall–Kier alpha value is -1.46. The first kappa shape index (κ1) is 21.8. The summed E-state index contributed by atoms with van der Waals surface area (Å²) in [6, 6.07) is 0. The fraction of sp³-hybridized carbons (Fsp3) is 0.760. The van der Waals surface area contributed by atoms with Gasteiger partial charge in [-0.25, -0.2) is 0 Å². The first-order valence-electron chi connectivity index (χ1n) is 11.7. The van der Waals surface area contributed by atoms with Gasteiger partial charge in [0.05, 0.1) is 12.0 Å². The third-order valence-corrected chi connectivity index (χ3v) is 8.71. The van der Waals surface area contributed by atoms with Crippen LogP contribution in [-0.2, 0) is 14.3 Å². The number of fused-ring (bicyclic) bond motifs is 5. The molecule has 4 aliphatic carbocycles. The Morgan fingerprint density at radius 2 is 2.03 bits per heavy atom. The molecule has 5 nitrogen and oxygen atoms in total. The molecule has 0 heterocycles. The zero-order chi connectivity index (χ0) is 21.7. The fourth-order valence-corrected chi connectivity index (χ4v) is 7.22. The quantitative estimate of drug-likeness (QED) is 0.527. The van der Waals surface area contributed by atoms with E-state index in [-0.39, 0.29) is 34.6 Å². The molecule has 7 atom stereocenters. The SMILES string of the molecule is CCCC(=O)O[C@H]1CC2C3CCC4=CC(O)CC[C@]4(C)C3=CC[C@]2(C)C1C(=O)CO. The number of carbonyl (C=O) groups is 2. The Labute approximate surface area is 179 Å². The molecule has 166 valence electrons. The van der Waals surface area contributed by atoms with E-state index in [0.29, 0.717) is 18.8 Å². The Bertz CT molecular complexity index is 782. The maximum absolute atomic E-state index is 12.8. The number of esters is 1. The molecule has 0 radical (unpaired) electrons. The topological polar surface area (TPSA) is 83.8 Å². The molecule has 2 fully saturated rings. The van der Waals surface area contributed by atoms with Crippen LogP contribution < -0.4 is 0 Å². The van der Waals surface area contributed by atoms with Gasteiger partial charge in [0.15, 0.2) is 5.78 Å². The predicted octanol–water partition coefficient (Wildman–Crippen LogP) is 3.73.